The van der Waals surface area contributed by atoms with E-state index in [0.717, 1.165) is 41.2 Å². The zero-order chi connectivity index (χ0) is 22.6. The lowest BCUT2D eigenvalue weighted by molar-refractivity contribution is -0.112. The van der Waals surface area contributed by atoms with Crippen LogP contribution in [-0.4, -0.2) is 20.7 Å². The molecule has 0 saturated heterocycles. The number of rotatable bonds is 11. The normalized spacial score (nSPS) is 12.0. The molecule has 0 unspecified atom stereocenters. The molecule has 0 atom stereocenters. The first kappa shape index (κ1) is 24.2. The second-order valence-electron chi connectivity index (χ2n) is 7.15. The Morgan fingerprint density at radius 1 is 1.29 bits per heavy atom. The van der Waals surface area contributed by atoms with Gasteiger partial charge in [0.2, 0.25) is 0 Å². The summed E-state index contributed by atoms with van der Waals surface area (Å²) in [7, 11) is 0. The van der Waals surface area contributed by atoms with Gasteiger partial charge in [-0.1, -0.05) is 68.7 Å². The summed E-state index contributed by atoms with van der Waals surface area (Å²) in [4.78, 5) is 20.0. The molecule has 2 rings (SSSR count). The summed E-state index contributed by atoms with van der Waals surface area (Å²) in [5, 5.41) is 4.80. The topological polar surface area (TPSA) is 57.8 Å². The van der Waals surface area contributed by atoms with Crippen molar-refractivity contribution in [3.8, 4) is 11.3 Å². The number of aromatic nitrogens is 2. The molecule has 31 heavy (non-hydrogen) atoms. The largest absolute Gasteiger partial charge is 0.351 e. The van der Waals surface area contributed by atoms with Crippen LogP contribution in [0.15, 0.2) is 55.4 Å². The Balaban J connectivity index is 2.00. The first-order valence-electron chi connectivity index (χ1n) is 10.6. The monoisotopic (exact) mass is 433 g/mol. The second kappa shape index (κ2) is 12.6. The molecule has 2 N–H and O–H groups in total. The van der Waals surface area contributed by atoms with E-state index in [1.165, 1.54) is 17.3 Å². The Morgan fingerprint density at radius 2 is 2.06 bits per heavy atom. The van der Waals surface area contributed by atoms with E-state index in [2.05, 4.69) is 59.7 Å². The van der Waals surface area contributed by atoms with E-state index in [4.69, 9.17) is 12.2 Å². The Hall–Kier alpha value is -3.05. The third-order valence-electron chi connectivity index (χ3n) is 4.87. The minimum atomic E-state index is -0.0682. The van der Waals surface area contributed by atoms with Crippen molar-refractivity contribution in [2.75, 3.05) is 0 Å². The zero-order valence-electron chi connectivity index (χ0n) is 18.4. The quantitative estimate of drug-likeness (QED) is 0.410. The average molecular weight is 434 g/mol. The fourth-order valence-electron chi connectivity index (χ4n) is 3.19. The molecule has 4 nitrogen and oxygen atoms in total. The van der Waals surface area contributed by atoms with Crippen molar-refractivity contribution in [1.29, 1.82) is 0 Å². The number of nitrogens with one attached hydrogen (secondary N) is 2. The average Bonchev–Trinajstić information content (AvgIpc) is 3.23. The van der Waals surface area contributed by atoms with Gasteiger partial charge < -0.3 is 10.3 Å². The number of nitrogens with zero attached hydrogens (tertiary/aromatic N) is 1. The van der Waals surface area contributed by atoms with E-state index in [-0.39, 0.29) is 10.8 Å². The van der Waals surface area contributed by atoms with Gasteiger partial charge in [-0.15, -0.1) is 0 Å². The Bertz CT molecular complexity index is 1090. The number of carbonyl (C=O) groups is 1. The first-order valence-corrected chi connectivity index (χ1v) is 11.0. The Labute approximate surface area is 190 Å². The molecule has 1 heterocycles. The highest BCUT2D eigenvalue weighted by atomic mass is 32.1. The van der Waals surface area contributed by atoms with E-state index >= 15 is 0 Å². The van der Waals surface area contributed by atoms with E-state index in [1.54, 1.807) is 0 Å². The molecule has 5 heteroatoms. The summed E-state index contributed by atoms with van der Waals surface area (Å²) in [6, 6.07) is 4.34. The molecule has 0 spiro atoms. The highest BCUT2D eigenvalue weighted by Crippen LogP contribution is 2.20. The predicted octanol–water partition coefficient (Wildman–Crippen LogP) is 4.30. The van der Waals surface area contributed by atoms with Crippen molar-refractivity contribution in [1.82, 2.24) is 15.3 Å². The van der Waals surface area contributed by atoms with Crippen LogP contribution in [-0.2, 0) is 17.6 Å². The van der Waals surface area contributed by atoms with Gasteiger partial charge in [0.25, 0.3) is 0 Å². The van der Waals surface area contributed by atoms with Gasteiger partial charge in [-0.2, -0.15) is 0 Å². The first-order chi connectivity index (χ1) is 15.0. The molecule has 1 aromatic heterocycles. The summed E-state index contributed by atoms with van der Waals surface area (Å²) in [6.07, 6.45) is 17.2. The van der Waals surface area contributed by atoms with Crippen LogP contribution < -0.4 is 15.8 Å². The number of H-pyrrole nitrogens is 1. The third-order valence-corrected chi connectivity index (χ3v) is 5.22. The van der Waals surface area contributed by atoms with Crippen molar-refractivity contribution in [3.05, 3.63) is 77.2 Å². The molecule has 0 radical (unpaired) electrons. The molecule has 162 valence electrons. The van der Waals surface area contributed by atoms with Crippen LogP contribution in [0.2, 0.25) is 0 Å². The van der Waals surface area contributed by atoms with Gasteiger partial charge in [0.05, 0.1) is 11.9 Å². The van der Waals surface area contributed by atoms with Crippen molar-refractivity contribution < 1.29 is 4.79 Å². The number of Topliss-reactive ketones (excluding diaryl/α,β-unsaturated/α-hetero) is 1. The van der Waals surface area contributed by atoms with Crippen LogP contribution in [0.1, 0.15) is 44.5 Å². The van der Waals surface area contributed by atoms with E-state index in [1.807, 2.05) is 31.3 Å². The van der Waals surface area contributed by atoms with E-state index in [0.29, 0.717) is 12.8 Å². The molecule has 0 aliphatic heterocycles. The second-order valence-corrected chi connectivity index (χ2v) is 7.56. The molecule has 0 saturated carbocycles. The molecule has 0 aliphatic carbocycles. The smallest absolute Gasteiger partial charge is 0.190 e. The summed E-state index contributed by atoms with van der Waals surface area (Å²) >= 11 is 4.96. The number of aromatic amines is 1. The lowest BCUT2D eigenvalue weighted by Crippen LogP contribution is -2.24. The molecule has 0 bridgehead atoms. The molecular formula is C26H31N3OS. The summed E-state index contributed by atoms with van der Waals surface area (Å²) in [5.41, 5.74) is 3.45. The summed E-state index contributed by atoms with van der Waals surface area (Å²) in [6.45, 7) is 11.8. The van der Waals surface area contributed by atoms with Crippen molar-refractivity contribution in [2.45, 2.75) is 46.0 Å². The zero-order valence-corrected chi connectivity index (χ0v) is 19.2. The number of hydrogen-bond acceptors (Lipinski definition) is 3. The van der Waals surface area contributed by atoms with Gasteiger partial charge in [-0.3, -0.25) is 4.79 Å². The maximum absolute atomic E-state index is 11.8. The van der Waals surface area contributed by atoms with Gasteiger partial charge >= 0.3 is 0 Å². The van der Waals surface area contributed by atoms with Gasteiger partial charge in [0.1, 0.15) is 10.8 Å². The fraction of sp³-hybridized carbons (Fsp3) is 0.269. The van der Waals surface area contributed by atoms with Crippen LogP contribution in [0, 0.1) is 0 Å². The number of aryl methyl sites for hydroxylation is 2. The predicted molar refractivity (Wildman–Crippen MR) is 135 cm³/mol. The lowest BCUT2D eigenvalue weighted by Gasteiger charge is -2.06. The van der Waals surface area contributed by atoms with E-state index < -0.39 is 0 Å². The van der Waals surface area contributed by atoms with Crippen LogP contribution in [0.3, 0.4) is 0 Å². The molecule has 1 aromatic carbocycles. The van der Waals surface area contributed by atoms with E-state index in [9.17, 15) is 4.79 Å². The standard InChI is InChI=1S/C26H31N3OS/c1-5-8-13-21-17-22(20(6-2)16-19(21)4)23-18-28-25(29-23)15-12-10-9-11-14-24(30)26(31)27-7-3/h5,7-10,13,16-18H,3-4,6,11-12,14-15H2,1-2H3,(H,27,31)(H,28,29)/b8-5-,10-9+,21-13-. The number of benzene rings is 1. The summed E-state index contributed by atoms with van der Waals surface area (Å²) in [5.74, 6) is 0.883. The van der Waals surface area contributed by atoms with Crippen LogP contribution in [0.25, 0.3) is 23.9 Å². The van der Waals surface area contributed by atoms with Gasteiger partial charge in [0, 0.05) is 18.4 Å². The number of carbonyl (C=O) groups excluding carboxylic acids is 1. The van der Waals surface area contributed by atoms with Gasteiger partial charge in [-0.05, 0) is 54.5 Å². The van der Waals surface area contributed by atoms with Gasteiger partial charge in [-0.25, -0.2) is 4.98 Å². The minimum Gasteiger partial charge on any atom is -0.351 e. The van der Waals surface area contributed by atoms with Crippen molar-refractivity contribution >= 4 is 35.6 Å². The highest BCUT2D eigenvalue weighted by molar-refractivity contribution is 7.82. The maximum atomic E-state index is 11.8. The minimum absolute atomic E-state index is 0.0682. The van der Waals surface area contributed by atoms with Crippen LogP contribution in [0.5, 0.6) is 0 Å². The Morgan fingerprint density at radius 3 is 2.77 bits per heavy atom. The maximum Gasteiger partial charge on any atom is 0.190 e. The SMILES string of the molecule is C=CNC(=S)C(=O)CC/C=C/CCc1ncc(-c2c/c(=C/C=C\C)c(=C)cc2CC)[nH]1. The molecule has 0 amide bonds. The number of ketones is 1. The van der Waals surface area contributed by atoms with Crippen molar-refractivity contribution in [3.63, 3.8) is 0 Å². The molecule has 0 aliphatic rings. The number of thiocarbonyl (C=S) groups is 1. The van der Waals surface area contributed by atoms with Crippen molar-refractivity contribution in [2.24, 2.45) is 0 Å². The number of imidazole rings is 1. The third kappa shape index (κ3) is 7.30. The molecule has 2 aromatic rings. The lowest BCUT2D eigenvalue weighted by atomic mass is 10.0. The Kier molecular flexibility index (Phi) is 9.85. The molecular weight excluding hydrogens is 402 g/mol. The number of hydrogen-bond donors (Lipinski definition) is 2. The highest BCUT2D eigenvalue weighted by Gasteiger charge is 2.08. The van der Waals surface area contributed by atoms with Crippen LogP contribution >= 0.6 is 12.2 Å². The molecule has 0 fully saturated rings. The fourth-order valence-corrected chi connectivity index (χ4v) is 3.38. The van der Waals surface area contributed by atoms with Crippen LogP contribution in [0.4, 0.5) is 0 Å². The number of allylic oxidation sites excluding steroid dienone is 4. The van der Waals surface area contributed by atoms with Gasteiger partial charge in [0.15, 0.2) is 5.78 Å². The summed E-state index contributed by atoms with van der Waals surface area (Å²) < 4.78 is 0.